The van der Waals surface area contributed by atoms with Crippen LogP contribution in [0.5, 0.6) is 11.5 Å². The van der Waals surface area contributed by atoms with E-state index < -0.39 is 0 Å². The lowest BCUT2D eigenvalue weighted by molar-refractivity contribution is 0.0792. The van der Waals surface area contributed by atoms with Crippen LogP contribution in [0.4, 0.5) is 0 Å². The van der Waals surface area contributed by atoms with E-state index in [4.69, 9.17) is 9.47 Å². The van der Waals surface area contributed by atoms with Gasteiger partial charge in [-0.2, -0.15) is 0 Å². The Balaban J connectivity index is 1.98. The summed E-state index contributed by atoms with van der Waals surface area (Å²) in [6.45, 7) is 8.35. The molecule has 1 saturated heterocycles. The van der Waals surface area contributed by atoms with Crippen molar-refractivity contribution in [1.82, 2.24) is 4.90 Å². The minimum absolute atomic E-state index is 0.121. The van der Waals surface area contributed by atoms with Crippen molar-refractivity contribution in [3.8, 4) is 11.5 Å². The number of rotatable bonds is 8. The molecule has 1 N–H and O–H groups in total. The Kier molecular flexibility index (Phi) is 7.00. The van der Waals surface area contributed by atoms with E-state index in [0.29, 0.717) is 6.61 Å². The molecule has 1 heterocycles. The molecule has 0 radical (unpaired) electrons. The Hall–Kier alpha value is -1.26. The average Bonchev–Trinajstić information content (AvgIpc) is 2.52. The summed E-state index contributed by atoms with van der Waals surface area (Å²) in [6.07, 6.45) is 3.81. The molecule has 124 valence electrons. The monoisotopic (exact) mass is 307 g/mol. The van der Waals surface area contributed by atoms with Crippen LogP contribution >= 0.6 is 0 Å². The minimum atomic E-state index is -0.121. The van der Waals surface area contributed by atoms with E-state index >= 15 is 0 Å². The number of aliphatic hydroxyl groups is 1. The molecular weight excluding hydrogens is 278 g/mol. The predicted molar refractivity (Wildman–Crippen MR) is 88.5 cm³/mol. The first kappa shape index (κ1) is 17.1. The quantitative estimate of drug-likeness (QED) is 0.749. The normalized spacial score (nSPS) is 16.7. The van der Waals surface area contributed by atoms with Crippen molar-refractivity contribution in [2.24, 2.45) is 0 Å². The van der Waals surface area contributed by atoms with Gasteiger partial charge in [0.05, 0.1) is 19.3 Å². The highest BCUT2D eigenvalue weighted by Gasteiger charge is 2.17. The summed E-state index contributed by atoms with van der Waals surface area (Å²) in [5.41, 5.74) is 1.24. The highest BCUT2D eigenvalue weighted by atomic mass is 16.5. The molecule has 0 atom stereocenters. The van der Waals surface area contributed by atoms with Gasteiger partial charge in [0.2, 0.25) is 0 Å². The second-order valence-electron chi connectivity index (χ2n) is 5.92. The molecule has 1 aliphatic rings. The molecule has 0 saturated carbocycles. The molecule has 22 heavy (non-hydrogen) atoms. The van der Waals surface area contributed by atoms with Crippen molar-refractivity contribution in [2.45, 2.75) is 52.2 Å². The van der Waals surface area contributed by atoms with E-state index in [0.717, 1.165) is 63.4 Å². The highest BCUT2D eigenvalue weighted by molar-refractivity contribution is 5.43. The summed E-state index contributed by atoms with van der Waals surface area (Å²) in [5.74, 6) is 1.68. The van der Waals surface area contributed by atoms with Gasteiger partial charge in [0.25, 0.3) is 0 Å². The third-order valence-electron chi connectivity index (χ3n) is 4.03. The van der Waals surface area contributed by atoms with Gasteiger partial charge in [0.15, 0.2) is 11.5 Å². The maximum atomic E-state index is 9.58. The molecule has 0 spiro atoms. The van der Waals surface area contributed by atoms with Crippen LogP contribution in [0.1, 0.15) is 45.1 Å². The minimum Gasteiger partial charge on any atom is -0.490 e. The molecule has 0 aliphatic carbocycles. The van der Waals surface area contributed by atoms with Crippen LogP contribution in [-0.2, 0) is 6.54 Å². The molecule has 0 aromatic heterocycles. The fraction of sp³-hybridized carbons (Fsp3) is 0.667. The fourth-order valence-corrected chi connectivity index (χ4v) is 2.70. The maximum absolute atomic E-state index is 9.58. The molecule has 2 rings (SSSR count). The van der Waals surface area contributed by atoms with Crippen LogP contribution in [0.2, 0.25) is 0 Å². The van der Waals surface area contributed by atoms with Gasteiger partial charge in [-0.05, 0) is 43.9 Å². The number of likely N-dealkylation sites (tertiary alicyclic amines) is 1. The predicted octanol–water partition coefficient (Wildman–Crippen LogP) is 3.22. The van der Waals surface area contributed by atoms with Crippen LogP contribution in [0.3, 0.4) is 0 Å². The van der Waals surface area contributed by atoms with Crippen LogP contribution in [-0.4, -0.2) is 42.4 Å². The summed E-state index contributed by atoms with van der Waals surface area (Å²) in [6, 6.07) is 6.24. The Labute approximate surface area is 134 Å². The van der Waals surface area contributed by atoms with E-state index in [-0.39, 0.29) is 6.10 Å². The molecular formula is C18H29NO3. The number of nitrogens with zero attached hydrogens (tertiary/aromatic N) is 1. The maximum Gasteiger partial charge on any atom is 0.161 e. The van der Waals surface area contributed by atoms with Crippen molar-refractivity contribution in [3.63, 3.8) is 0 Å². The van der Waals surface area contributed by atoms with Gasteiger partial charge < -0.3 is 14.6 Å². The standard InChI is InChI=1S/C18H29NO3/c1-3-5-12-22-17-7-6-15(13-18(17)21-4-2)14-19-10-8-16(20)9-11-19/h6-7,13,16,20H,3-5,8-12,14H2,1-2H3. The van der Waals surface area contributed by atoms with E-state index in [9.17, 15) is 5.11 Å². The fourth-order valence-electron chi connectivity index (χ4n) is 2.70. The summed E-state index contributed by atoms with van der Waals surface area (Å²) in [7, 11) is 0. The number of hydrogen-bond donors (Lipinski definition) is 1. The molecule has 1 aromatic carbocycles. The van der Waals surface area contributed by atoms with Gasteiger partial charge in [-0.1, -0.05) is 19.4 Å². The molecule has 0 bridgehead atoms. The highest BCUT2D eigenvalue weighted by Crippen LogP contribution is 2.29. The lowest BCUT2D eigenvalue weighted by atomic mass is 10.1. The van der Waals surface area contributed by atoms with Crippen molar-refractivity contribution in [2.75, 3.05) is 26.3 Å². The number of hydrogen-bond acceptors (Lipinski definition) is 4. The van der Waals surface area contributed by atoms with Crippen LogP contribution < -0.4 is 9.47 Å². The Morgan fingerprint density at radius 2 is 1.91 bits per heavy atom. The summed E-state index contributed by atoms with van der Waals surface area (Å²) >= 11 is 0. The number of unbranched alkanes of at least 4 members (excludes halogenated alkanes) is 1. The van der Waals surface area contributed by atoms with E-state index in [1.54, 1.807) is 0 Å². The average molecular weight is 307 g/mol. The number of ether oxygens (including phenoxy) is 2. The summed E-state index contributed by atoms with van der Waals surface area (Å²) in [4.78, 5) is 2.38. The molecule has 0 amide bonds. The van der Waals surface area contributed by atoms with Gasteiger partial charge in [-0.15, -0.1) is 0 Å². The van der Waals surface area contributed by atoms with Gasteiger partial charge in [-0.25, -0.2) is 0 Å². The lowest BCUT2D eigenvalue weighted by Gasteiger charge is -2.29. The zero-order chi connectivity index (χ0) is 15.8. The third kappa shape index (κ3) is 5.18. The summed E-state index contributed by atoms with van der Waals surface area (Å²) < 4.78 is 11.5. The Bertz CT molecular complexity index is 442. The zero-order valence-corrected chi connectivity index (χ0v) is 13.9. The zero-order valence-electron chi connectivity index (χ0n) is 13.9. The van der Waals surface area contributed by atoms with Crippen LogP contribution in [0.25, 0.3) is 0 Å². The van der Waals surface area contributed by atoms with Gasteiger partial charge in [0.1, 0.15) is 0 Å². The van der Waals surface area contributed by atoms with Gasteiger partial charge in [-0.3, -0.25) is 4.90 Å². The van der Waals surface area contributed by atoms with Crippen LogP contribution in [0, 0.1) is 0 Å². The summed E-state index contributed by atoms with van der Waals surface area (Å²) in [5, 5.41) is 9.58. The first-order valence-corrected chi connectivity index (χ1v) is 8.51. The van der Waals surface area contributed by atoms with Crippen molar-refractivity contribution in [3.05, 3.63) is 23.8 Å². The molecule has 4 heteroatoms. The Morgan fingerprint density at radius 1 is 1.14 bits per heavy atom. The van der Waals surface area contributed by atoms with Gasteiger partial charge >= 0.3 is 0 Å². The second-order valence-corrected chi connectivity index (χ2v) is 5.92. The smallest absolute Gasteiger partial charge is 0.161 e. The Morgan fingerprint density at radius 3 is 2.59 bits per heavy atom. The second kappa shape index (κ2) is 9.01. The van der Waals surface area contributed by atoms with Crippen LogP contribution in [0.15, 0.2) is 18.2 Å². The molecule has 1 aliphatic heterocycles. The largest absolute Gasteiger partial charge is 0.490 e. The topological polar surface area (TPSA) is 41.9 Å². The third-order valence-corrected chi connectivity index (χ3v) is 4.03. The lowest BCUT2D eigenvalue weighted by Crippen LogP contribution is -2.35. The van der Waals surface area contributed by atoms with E-state index in [2.05, 4.69) is 24.0 Å². The number of aliphatic hydroxyl groups excluding tert-OH is 1. The van der Waals surface area contributed by atoms with Crippen molar-refractivity contribution in [1.29, 1.82) is 0 Å². The SMILES string of the molecule is CCCCOc1ccc(CN2CCC(O)CC2)cc1OCC. The molecule has 1 fully saturated rings. The number of piperidine rings is 1. The molecule has 4 nitrogen and oxygen atoms in total. The number of benzene rings is 1. The first-order valence-electron chi connectivity index (χ1n) is 8.51. The van der Waals surface area contributed by atoms with Crippen molar-refractivity contribution < 1.29 is 14.6 Å². The van der Waals surface area contributed by atoms with Gasteiger partial charge in [0, 0.05) is 19.6 Å². The van der Waals surface area contributed by atoms with Crippen molar-refractivity contribution >= 4 is 0 Å². The molecule has 0 unspecified atom stereocenters. The van der Waals surface area contributed by atoms with E-state index in [1.165, 1.54) is 5.56 Å². The first-order chi connectivity index (χ1) is 10.7. The molecule has 1 aromatic rings. The van der Waals surface area contributed by atoms with E-state index in [1.807, 2.05) is 13.0 Å².